The van der Waals surface area contributed by atoms with Gasteiger partial charge in [-0.3, -0.25) is 14.3 Å². The van der Waals surface area contributed by atoms with Gasteiger partial charge in [-0.1, -0.05) is 24.3 Å². The number of methoxy groups -OCH3 is 1. The molecule has 8 nitrogen and oxygen atoms in total. The topological polar surface area (TPSA) is 105 Å². The molecule has 0 spiro atoms. The van der Waals surface area contributed by atoms with E-state index in [4.69, 9.17) is 4.74 Å². The van der Waals surface area contributed by atoms with E-state index in [0.29, 0.717) is 18.7 Å². The third kappa shape index (κ3) is 5.40. The van der Waals surface area contributed by atoms with Crippen LogP contribution < -0.4 is 10.6 Å². The summed E-state index contributed by atoms with van der Waals surface area (Å²) in [7, 11) is 1.59. The van der Waals surface area contributed by atoms with Crippen molar-refractivity contribution >= 4 is 17.6 Å². The SMILES string of the molecule is COCCn1ccc(NC(=O)C(=O)NCC(O)c2ccccc2C)n1. The summed E-state index contributed by atoms with van der Waals surface area (Å²) in [6.07, 6.45) is 0.792. The number of hydrogen-bond donors (Lipinski definition) is 3. The average molecular weight is 346 g/mol. The Kier molecular flexibility index (Phi) is 6.67. The smallest absolute Gasteiger partial charge is 0.314 e. The minimum Gasteiger partial charge on any atom is -0.387 e. The molecule has 0 aliphatic heterocycles. The average Bonchev–Trinajstić information content (AvgIpc) is 3.05. The molecule has 1 aromatic heterocycles. The summed E-state index contributed by atoms with van der Waals surface area (Å²) in [4.78, 5) is 23.7. The minimum absolute atomic E-state index is 0.0562. The number of carbonyl (C=O) groups is 2. The molecule has 0 saturated carbocycles. The van der Waals surface area contributed by atoms with Gasteiger partial charge in [0.05, 0.1) is 19.3 Å². The number of rotatable bonds is 7. The molecule has 3 N–H and O–H groups in total. The molecule has 2 amide bonds. The number of nitrogens with one attached hydrogen (secondary N) is 2. The second-order valence-corrected chi connectivity index (χ2v) is 5.49. The Labute approximate surface area is 145 Å². The van der Waals surface area contributed by atoms with Crippen molar-refractivity contribution in [1.82, 2.24) is 15.1 Å². The Balaban J connectivity index is 1.83. The number of aryl methyl sites for hydroxylation is 1. The molecule has 8 heteroatoms. The molecule has 1 unspecified atom stereocenters. The Morgan fingerprint density at radius 3 is 2.76 bits per heavy atom. The molecule has 0 radical (unpaired) electrons. The van der Waals surface area contributed by atoms with Gasteiger partial charge in [0.25, 0.3) is 0 Å². The Morgan fingerprint density at radius 1 is 1.28 bits per heavy atom. The first-order valence-electron chi connectivity index (χ1n) is 7.86. The van der Waals surface area contributed by atoms with Gasteiger partial charge in [-0.25, -0.2) is 0 Å². The molecule has 0 bridgehead atoms. The third-order valence-electron chi connectivity index (χ3n) is 3.62. The lowest BCUT2D eigenvalue weighted by Gasteiger charge is -2.14. The third-order valence-corrected chi connectivity index (χ3v) is 3.62. The van der Waals surface area contributed by atoms with E-state index in [2.05, 4.69) is 15.7 Å². The van der Waals surface area contributed by atoms with Gasteiger partial charge in [0.15, 0.2) is 5.82 Å². The number of carbonyl (C=O) groups excluding carboxylic acids is 2. The molecule has 134 valence electrons. The molecule has 0 saturated heterocycles. The fourth-order valence-corrected chi connectivity index (χ4v) is 2.25. The van der Waals surface area contributed by atoms with Gasteiger partial charge >= 0.3 is 11.8 Å². The second kappa shape index (κ2) is 8.95. The zero-order valence-corrected chi connectivity index (χ0v) is 14.2. The summed E-state index contributed by atoms with van der Waals surface area (Å²) in [6, 6.07) is 8.90. The molecule has 1 aromatic carbocycles. The van der Waals surface area contributed by atoms with E-state index < -0.39 is 17.9 Å². The molecule has 0 aliphatic carbocycles. The van der Waals surface area contributed by atoms with Crippen molar-refractivity contribution in [1.29, 1.82) is 0 Å². The van der Waals surface area contributed by atoms with E-state index in [9.17, 15) is 14.7 Å². The lowest BCUT2D eigenvalue weighted by Crippen LogP contribution is -2.37. The predicted molar refractivity (Wildman–Crippen MR) is 91.9 cm³/mol. The zero-order chi connectivity index (χ0) is 18.2. The highest BCUT2D eigenvalue weighted by molar-refractivity contribution is 6.39. The summed E-state index contributed by atoms with van der Waals surface area (Å²) in [6.45, 7) is 2.85. The van der Waals surface area contributed by atoms with Crippen LogP contribution in [0.25, 0.3) is 0 Å². The summed E-state index contributed by atoms with van der Waals surface area (Å²) in [5.74, 6) is -1.40. The Morgan fingerprint density at radius 2 is 2.04 bits per heavy atom. The van der Waals surface area contributed by atoms with E-state index >= 15 is 0 Å². The van der Waals surface area contributed by atoms with Crippen molar-refractivity contribution in [3.8, 4) is 0 Å². The maximum absolute atomic E-state index is 11.9. The molecular weight excluding hydrogens is 324 g/mol. The normalized spacial score (nSPS) is 11.8. The first-order valence-corrected chi connectivity index (χ1v) is 7.86. The van der Waals surface area contributed by atoms with Gasteiger partial charge in [-0.15, -0.1) is 0 Å². The van der Waals surface area contributed by atoms with Crippen LogP contribution >= 0.6 is 0 Å². The van der Waals surface area contributed by atoms with E-state index in [1.54, 1.807) is 36.2 Å². The van der Waals surface area contributed by atoms with Gasteiger partial charge < -0.3 is 20.5 Å². The standard InChI is InChI=1S/C17H22N4O4/c1-12-5-3-4-6-13(12)14(22)11-18-16(23)17(24)19-15-7-8-21(20-15)9-10-25-2/h3-8,14,22H,9-11H2,1-2H3,(H,18,23)(H,19,20,24). The zero-order valence-electron chi connectivity index (χ0n) is 14.2. The van der Waals surface area contributed by atoms with Crippen LogP contribution in [0.4, 0.5) is 5.82 Å². The van der Waals surface area contributed by atoms with Crippen LogP contribution in [-0.4, -0.2) is 47.0 Å². The quantitative estimate of drug-likeness (QED) is 0.638. The van der Waals surface area contributed by atoms with Crippen molar-refractivity contribution in [2.45, 2.75) is 19.6 Å². The van der Waals surface area contributed by atoms with Crippen molar-refractivity contribution in [3.63, 3.8) is 0 Å². The van der Waals surface area contributed by atoms with Gasteiger partial charge in [0.1, 0.15) is 0 Å². The van der Waals surface area contributed by atoms with Crippen LogP contribution in [0.15, 0.2) is 36.5 Å². The Hall–Kier alpha value is -2.71. The number of ether oxygens (including phenoxy) is 1. The van der Waals surface area contributed by atoms with Crippen LogP contribution in [0.2, 0.25) is 0 Å². The van der Waals surface area contributed by atoms with Crippen LogP contribution in [0, 0.1) is 6.92 Å². The van der Waals surface area contributed by atoms with E-state index in [-0.39, 0.29) is 12.4 Å². The molecule has 0 fully saturated rings. The first-order chi connectivity index (χ1) is 12.0. The summed E-state index contributed by atoms with van der Waals surface area (Å²) in [5.41, 5.74) is 1.62. The lowest BCUT2D eigenvalue weighted by molar-refractivity contribution is -0.136. The van der Waals surface area contributed by atoms with Crippen LogP contribution in [0.3, 0.4) is 0 Å². The van der Waals surface area contributed by atoms with E-state index in [1.807, 2.05) is 19.1 Å². The number of nitrogens with zero attached hydrogens (tertiary/aromatic N) is 2. The number of anilines is 1. The van der Waals surface area contributed by atoms with Crippen molar-refractivity contribution in [3.05, 3.63) is 47.7 Å². The summed E-state index contributed by atoms with van der Waals surface area (Å²) < 4.78 is 6.53. The number of hydrogen-bond acceptors (Lipinski definition) is 5. The summed E-state index contributed by atoms with van der Waals surface area (Å²) >= 11 is 0. The fourth-order valence-electron chi connectivity index (χ4n) is 2.25. The molecule has 0 aliphatic rings. The lowest BCUT2D eigenvalue weighted by atomic mass is 10.0. The van der Waals surface area contributed by atoms with Crippen molar-refractivity contribution in [2.75, 3.05) is 25.6 Å². The van der Waals surface area contributed by atoms with Crippen LogP contribution in [-0.2, 0) is 20.9 Å². The largest absolute Gasteiger partial charge is 0.387 e. The summed E-state index contributed by atoms with van der Waals surface area (Å²) in [5, 5.41) is 19.1. The van der Waals surface area contributed by atoms with Crippen molar-refractivity contribution < 1.29 is 19.4 Å². The Bertz CT molecular complexity index is 729. The van der Waals surface area contributed by atoms with Crippen LogP contribution in [0.5, 0.6) is 0 Å². The number of aromatic nitrogens is 2. The number of aliphatic hydroxyl groups excluding tert-OH is 1. The monoisotopic (exact) mass is 346 g/mol. The minimum atomic E-state index is -0.883. The number of benzene rings is 1. The second-order valence-electron chi connectivity index (χ2n) is 5.49. The van der Waals surface area contributed by atoms with Gasteiger partial charge in [0, 0.05) is 25.9 Å². The van der Waals surface area contributed by atoms with Gasteiger partial charge in [-0.05, 0) is 18.1 Å². The highest BCUT2D eigenvalue weighted by Gasteiger charge is 2.17. The van der Waals surface area contributed by atoms with E-state index in [1.165, 1.54) is 0 Å². The first kappa shape index (κ1) is 18.6. The maximum Gasteiger partial charge on any atom is 0.314 e. The van der Waals surface area contributed by atoms with Crippen LogP contribution in [0.1, 0.15) is 17.2 Å². The molecular formula is C17H22N4O4. The van der Waals surface area contributed by atoms with Gasteiger partial charge in [-0.2, -0.15) is 5.10 Å². The van der Waals surface area contributed by atoms with Gasteiger partial charge in [0.2, 0.25) is 0 Å². The maximum atomic E-state index is 11.9. The number of amides is 2. The highest BCUT2D eigenvalue weighted by Crippen LogP contribution is 2.16. The van der Waals surface area contributed by atoms with E-state index in [0.717, 1.165) is 5.56 Å². The number of aliphatic hydroxyl groups is 1. The molecule has 2 aromatic rings. The fraction of sp³-hybridized carbons (Fsp3) is 0.353. The van der Waals surface area contributed by atoms with Crippen molar-refractivity contribution in [2.24, 2.45) is 0 Å². The predicted octanol–water partition coefficient (Wildman–Crippen LogP) is 0.626. The molecule has 2 rings (SSSR count). The highest BCUT2D eigenvalue weighted by atomic mass is 16.5. The molecule has 1 heterocycles. The molecule has 1 atom stereocenters. The molecule has 25 heavy (non-hydrogen) atoms.